The van der Waals surface area contributed by atoms with Gasteiger partial charge in [0, 0.05) is 40.4 Å². The third-order valence-corrected chi connectivity index (χ3v) is 5.14. The average Bonchev–Trinajstić information content (AvgIpc) is 2.68. The lowest BCUT2D eigenvalue weighted by Gasteiger charge is -2.37. The van der Waals surface area contributed by atoms with Crippen LogP contribution in [0.15, 0.2) is 15.9 Å². The van der Waals surface area contributed by atoms with Gasteiger partial charge in [0.2, 0.25) is 0 Å². The summed E-state index contributed by atoms with van der Waals surface area (Å²) < 4.78 is 1.22. The second-order valence-electron chi connectivity index (χ2n) is 4.90. The third kappa shape index (κ3) is 3.78. The lowest BCUT2D eigenvalue weighted by Crippen LogP contribution is -2.47. The van der Waals surface area contributed by atoms with Gasteiger partial charge < -0.3 is 5.32 Å². The first kappa shape index (κ1) is 13.5. The Morgan fingerprint density at radius 2 is 2.41 bits per heavy atom. The Morgan fingerprint density at radius 1 is 1.59 bits per heavy atom. The highest BCUT2D eigenvalue weighted by atomic mass is 79.9. The van der Waals surface area contributed by atoms with E-state index in [0.717, 1.165) is 19.0 Å². The lowest BCUT2D eigenvalue weighted by molar-refractivity contribution is 0.143. The Morgan fingerprint density at radius 3 is 3.00 bits per heavy atom. The fourth-order valence-corrected chi connectivity index (χ4v) is 4.09. The molecule has 2 rings (SSSR count). The lowest BCUT2D eigenvalue weighted by atomic mass is 9.94. The molecular weight excluding hydrogens is 296 g/mol. The zero-order chi connectivity index (χ0) is 12.3. The summed E-state index contributed by atoms with van der Waals surface area (Å²) in [5.41, 5.74) is 0. The van der Waals surface area contributed by atoms with E-state index in [9.17, 15) is 0 Å². The second kappa shape index (κ2) is 6.32. The number of likely N-dealkylation sites (tertiary alicyclic amines) is 1. The predicted octanol–water partition coefficient (Wildman–Crippen LogP) is 3.33. The van der Waals surface area contributed by atoms with Crippen molar-refractivity contribution in [3.8, 4) is 0 Å². The number of hydrogen-bond donors (Lipinski definition) is 1. The molecule has 0 bridgehead atoms. The smallest absolute Gasteiger partial charge is 0.0328 e. The third-order valence-electron chi connectivity index (χ3n) is 3.46. The first-order valence-electron chi connectivity index (χ1n) is 6.37. The van der Waals surface area contributed by atoms with E-state index in [1.807, 2.05) is 11.3 Å². The van der Waals surface area contributed by atoms with Crippen LogP contribution < -0.4 is 5.32 Å². The van der Waals surface area contributed by atoms with Crippen molar-refractivity contribution >= 4 is 27.3 Å². The van der Waals surface area contributed by atoms with Gasteiger partial charge >= 0.3 is 0 Å². The molecular formula is C13H21BrN2S. The largest absolute Gasteiger partial charge is 0.314 e. The van der Waals surface area contributed by atoms with E-state index in [2.05, 4.69) is 51.4 Å². The molecule has 0 amide bonds. The summed E-state index contributed by atoms with van der Waals surface area (Å²) in [6.07, 6.45) is 1.28. The number of halogens is 1. The van der Waals surface area contributed by atoms with Crippen LogP contribution in [0.2, 0.25) is 0 Å². The molecule has 2 atom stereocenters. The molecule has 1 N–H and O–H groups in total. The van der Waals surface area contributed by atoms with Crippen LogP contribution in [0.3, 0.4) is 0 Å². The van der Waals surface area contributed by atoms with E-state index in [0.29, 0.717) is 6.04 Å². The Hall–Kier alpha value is 0.1000. The number of piperidine rings is 1. The molecule has 1 aromatic heterocycles. The van der Waals surface area contributed by atoms with Gasteiger partial charge in [0.15, 0.2) is 0 Å². The Bertz CT molecular complexity index is 353. The van der Waals surface area contributed by atoms with Crippen LogP contribution in [0.5, 0.6) is 0 Å². The molecule has 2 nitrogen and oxygen atoms in total. The molecule has 0 aromatic carbocycles. The van der Waals surface area contributed by atoms with E-state index in [1.54, 1.807) is 0 Å². The molecule has 0 aliphatic carbocycles. The zero-order valence-corrected chi connectivity index (χ0v) is 13.0. The zero-order valence-electron chi connectivity index (χ0n) is 10.6. The number of nitrogens with zero attached hydrogens (tertiary/aromatic N) is 1. The van der Waals surface area contributed by atoms with Crippen molar-refractivity contribution < 1.29 is 0 Å². The van der Waals surface area contributed by atoms with Gasteiger partial charge in [-0.15, -0.1) is 11.3 Å². The summed E-state index contributed by atoms with van der Waals surface area (Å²) in [5, 5.41) is 5.76. The number of hydrogen-bond acceptors (Lipinski definition) is 3. The maximum atomic E-state index is 3.59. The highest BCUT2D eigenvalue weighted by Crippen LogP contribution is 2.24. The molecule has 1 aromatic rings. The maximum absolute atomic E-state index is 3.59. The standard InChI is InChI=1S/C13H21BrN2S/c1-3-15-13-4-5-16(7-10(13)2)8-12-6-11(14)9-17-12/h6,9-10,13,15H,3-5,7-8H2,1-2H3. The quantitative estimate of drug-likeness (QED) is 0.916. The number of nitrogens with one attached hydrogen (secondary N) is 1. The van der Waals surface area contributed by atoms with Crippen LogP contribution in [0.25, 0.3) is 0 Å². The minimum absolute atomic E-state index is 0.714. The first-order valence-corrected chi connectivity index (χ1v) is 8.05. The maximum Gasteiger partial charge on any atom is 0.0328 e. The van der Waals surface area contributed by atoms with Gasteiger partial charge in [-0.25, -0.2) is 0 Å². The van der Waals surface area contributed by atoms with Crippen LogP contribution in [-0.4, -0.2) is 30.6 Å². The van der Waals surface area contributed by atoms with Crippen LogP contribution in [0.1, 0.15) is 25.1 Å². The molecule has 1 aliphatic rings. The van der Waals surface area contributed by atoms with Crippen molar-refractivity contribution in [3.63, 3.8) is 0 Å². The molecule has 2 unspecified atom stereocenters. The Balaban J connectivity index is 1.85. The predicted molar refractivity (Wildman–Crippen MR) is 78.5 cm³/mol. The van der Waals surface area contributed by atoms with Gasteiger partial charge in [0.1, 0.15) is 0 Å². The van der Waals surface area contributed by atoms with Crippen molar-refractivity contribution in [1.29, 1.82) is 0 Å². The summed E-state index contributed by atoms with van der Waals surface area (Å²) in [6, 6.07) is 2.96. The summed E-state index contributed by atoms with van der Waals surface area (Å²) in [4.78, 5) is 4.04. The molecule has 1 saturated heterocycles. The van der Waals surface area contributed by atoms with Crippen LogP contribution in [0.4, 0.5) is 0 Å². The SMILES string of the molecule is CCNC1CCN(Cc2cc(Br)cs2)CC1C. The summed E-state index contributed by atoms with van der Waals surface area (Å²) in [6.45, 7) is 9.20. The van der Waals surface area contributed by atoms with Crippen molar-refractivity contribution in [2.24, 2.45) is 5.92 Å². The Kier molecular flexibility index (Phi) is 5.03. The molecule has 0 radical (unpaired) electrons. The normalized spacial score (nSPS) is 26.3. The number of rotatable bonds is 4. The summed E-state index contributed by atoms with van der Waals surface area (Å²) in [7, 11) is 0. The van der Waals surface area contributed by atoms with Crippen LogP contribution >= 0.6 is 27.3 Å². The molecule has 1 fully saturated rings. The molecule has 4 heteroatoms. The van der Waals surface area contributed by atoms with E-state index in [-0.39, 0.29) is 0 Å². The summed E-state index contributed by atoms with van der Waals surface area (Å²) in [5.74, 6) is 0.757. The monoisotopic (exact) mass is 316 g/mol. The minimum atomic E-state index is 0.714. The van der Waals surface area contributed by atoms with Gasteiger partial charge in [-0.2, -0.15) is 0 Å². The second-order valence-corrected chi connectivity index (χ2v) is 6.81. The van der Waals surface area contributed by atoms with Gasteiger partial charge in [0.25, 0.3) is 0 Å². The van der Waals surface area contributed by atoms with Crippen LogP contribution in [0, 0.1) is 5.92 Å². The highest BCUT2D eigenvalue weighted by Gasteiger charge is 2.25. The van der Waals surface area contributed by atoms with Crippen molar-refractivity contribution in [1.82, 2.24) is 10.2 Å². The fourth-order valence-electron chi connectivity index (χ4n) is 2.60. The molecule has 96 valence electrons. The topological polar surface area (TPSA) is 15.3 Å². The fraction of sp³-hybridized carbons (Fsp3) is 0.692. The number of thiophene rings is 1. The van der Waals surface area contributed by atoms with Gasteiger partial charge in [-0.1, -0.05) is 13.8 Å². The average molecular weight is 317 g/mol. The van der Waals surface area contributed by atoms with E-state index < -0.39 is 0 Å². The molecule has 17 heavy (non-hydrogen) atoms. The van der Waals surface area contributed by atoms with E-state index >= 15 is 0 Å². The van der Waals surface area contributed by atoms with Crippen molar-refractivity contribution in [2.45, 2.75) is 32.9 Å². The van der Waals surface area contributed by atoms with E-state index in [1.165, 1.54) is 28.9 Å². The van der Waals surface area contributed by atoms with Gasteiger partial charge in [-0.05, 0) is 40.9 Å². The molecule has 2 heterocycles. The van der Waals surface area contributed by atoms with Crippen molar-refractivity contribution in [2.75, 3.05) is 19.6 Å². The first-order chi connectivity index (χ1) is 8.19. The summed E-state index contributed by atoms with van der Waals surface area (Å²) >= 11 is 5.37. The van der Waals surface area contributed by atoms with Crippen molar-refractivity contribution in [3.05, 3.63) is 20.8 Å². The van der Waals surface area contributed by atoms with Gasteiger partial charge in [0.05, 0.1) is 0 Å². The van der Waals surface area contributed by atoms with Crippen LogP contribution in [-0.2, 0) is 6.54 Å². The van der Waals surface area contributed by atoms with E-state index in [4.69, 9.17) is 0 Å². The van der Waals surface area contributed by atoms with Gasteiger partial charge in [-0.3, -0.25) is 4.90 Å². The Labute approximate surface area is 117 Å². The minimum Gasteiger partial charge on any atom is -0.314 e. The highest BCUT2D eigenvalue weighted by molar-refractivity contribution is 9.10. The molecule has 0 spiro atoms. The molecule has 0 saturated carbocycles. The molecule has 1 aliphatic heterocycles.